The molecule has 142 valence electrons. The van der Waals surface area contributed by atoms with Gasteiger partial charge in [-0.05, 0) is 48.0 Å². The molecule has 0 bridgehead atoms. The highest BCUT2D eigenvalue weighted by Gasteiger charge is 2.16. The third-order valence-electron chi connectivity index (χ3n) is 3.81. The maximum absolute atomic E-state index is 12.5. The molecule has 0 aliphatic heterocycles. The van der Waals surface area contributed by atoms with Crippen molar-refractivity contribution in [1.82, 2.24) is 0 Å². The summed E-state index contributed by atoms with van der Waals surface area (Å²) >= 11 is 0. The number of benzene rings is 3. The zero-order chi connectivity index (χ0) is 20.1. The lowest BCUT2D eigenvalue weighted by molar-refractivity contribution is -0.255. The zero-order valence-corrected chi connectivity index (χ0v) is 15.3. The van der Waals surface area contributed by atoms with Gasteiger partial charge in [0.2, 0.25) is 0 Å². The molecule has 3 aromatic rings. The predicted molar refractivity (Wildman–Crippen MR) is 102 cm³/mol. The number of sulfonamides is 1. The van der Waals surface area contributed by atoms with E-state index in [-0.39, 0.29) is 16.0 Å². The van der Waals surface area contributed by atoms with Crippen LogP contribution in [0.5, 0.6) is 0 Å². The summed E-state index contributed by atoms with van der Waals surface area (Å²) in [5, 5.41) is 13.3. The first-order valence-electron chi connectivity index (χ1n) is 8.16. The smallest absolute Gasteiger partial charge is 0.261 e. The molecule has 7 nitrogen and oxygen atoms in total. The number of amides is 1. The first kappa shape index (κ1) is 19.1. The summed E-state index contributed by atoms with van der Waals surface area (Å²) in [7, 11) is -3.86. The second-order valence-corrected chi connectivity index (χ2v) is 7.50. The van der Waals surface area contributed by atoms with Crippen LogP contribution in [-0.2, 0) is 10.0 Å². The zero-order valence-electron chi connectivity index (χ0n) is 14.5. The fourth-order valence-electron chi connectivity index (χ4n) is 2.42. The fraction of sp³-hybridized carbons (Fsp3) is 0. The van der Waals surface area contributed by atoms with Crippen molar-refractivity contribution < 1.29 is 23.1 Å². The van der Waals surface area contributed by atoms with E-state index in [0.29, 0.717) is 11.4 Å². The number of carboxylic acid groups (broad SMARTS) is 1. The van der Waals surface area contributed by atoms with E-state index < -0.39 is 21.9 Å². The predicted octanol–water partition coefficient (Wildman–Crippen LogP) is 2.10. The number of hydrogen-bond acceptors (Lipinski definition) is 5. The minimum atomic E-state index is -3.86. The molecule has 0 heterocycles. The molecule has 0 atom stereocenters. The Kier molecular flexibility index (Phi) is 5.42. The van der Waals surface area contributed by atoms with E-state index in [2.05, 4.69) is 10.0 Å². The monoisotopic (exact) mass is 395 g/mol. The van der Waals surface area contributed by atoms with E-state index >= 15 is 0 Å². The Morgan fingerprint density at radius 3 is 2.07 bits per heavy atom. The first-order chi connectivity index (χ1) is 13.3. The number of carbonyl (C=O) groups excluding carboxylic acids is 2. The third-order valence-corrected chi connectivity index (χ3v) is 5.19. The molecule has 28 heavy (non-hydrogen) atoms. The van der Waals surface area contributed by atoms with Crippen LogP contribution < -0.4 is 15.1 Å². The Morgan fingerprint density at radius 2 is 1.43 bits per heavy atom. The van der Waals surface area contributed by atoms with Gasteiger partial charge in [0.1, 0.15) is 0 Å². The molecule has 1 amide bonds. The van der Waals surface area contributed by atoms with Crippen LogP contribution in [0.25, 0.3) is 0 Å². The number of carboxylic acids is 1. The summed E-state index contributed by atoms with van der Waals surface area (Å²) < 4.78 is 27.5. The third kappa shape index (κ3) is 4.54. The Hall–Kier alpha value is -3.65. The van der Waals surface area contributed by atoms with Crippen molar-refractivity contribution in [2.45, 2.75) is 4.90 Å². The van der Waals surface area contributed by atoms with Gasteiger partial charge >= 0.3 is 0 Å². The molecule has 0 unspecified atom stereocenters. The van der Waals surface area contributed by atoms with Crippen molar-refractivity contribution in [2.24, 2.45) is 0 Å². The molecule has 0 saturated carbocycles. The summed E-state index contributed by atoms with van der Waals surface area (Å²) in [6.45, 7) is 0. The Bertz CT molecular complexity index is 1110. The Morgan fingerprint density at radius 1 is 0.750 bits per heavy atom. The molecular weight excluding hydrogens is 380 g/mol. The summed E-state index contributed by atoms with van der Waals surface area (Å²) in [6.07, 6.45) is 0. The molecule has 0 aliphatic carbocycles. The van der Waals surface area contributed by atoms with Crippen LogP contribution in [-0.4, -0.2) is 20.3 Å². The van der Waals surface area contributed by atoms with Crippen LogP contribution >= 0.6 is 0 Å². The average Bonchev–Trinajstić information content (AvgIpc) is 2.69. The fourth-order valence-corrected chi connectivity index (χ4v) is 3.52. The van der Waals surface area contributed by atoms with Crippen LogP contribution in [0, 0.1) is 0 Å². The topological polar surface area (TPSA) is 115 Å². The van der Waals surface area contributed by atoms with Gasteiger partial charge in [-0.3, -0.25) is 9.52 Å². The van der Waals surface area contributed by atoms with E-state index in [1.54, 1.807) is 30.3 Å². The van der Waals surface area contributed by atoms with Gasteiger partial charge in [0.25, 0.3) is 15.9 Å². The van der Waals surface area contributed by atoms with Crippen LogP contribution in [0.2, 0.25) is 0 Å². The van der Waals surface area contributed by atoms with E-state index in [9.17, 15) is 23.1 Å². The SMILES string of the molecule is O=C([O-])c1ccc(NC(=O)c2cccc(S(=O)(=O)Nc3ccccc3)c2)cc1. The summed E-state index contributed by atoms with van der Waals surface area (Å²) in [5.41, 5.74) is 0.897. The lowest BCUT2D eigenvalue weighted by atomic mass is 10.2. The lowest BCUT2D eigenvalue weighted by Gasteiger charge is -2.10. The molecule has 8 heteroatoms. The molecule has 3 rings (SSSR count). The summed E-state index contributed by atoms with van der Waals surface area (Å²) in [5.74, 6) is -1.85. The van der Waals surface area contributed by atoms with Crippen LogP contribution in [0.15, 0.2) is 83.8 Å². The normalized spacial score (nSPS) is 10.9. The second-order valence-electron chi connectivity index (χ2n) is 5.82. The minimum Gasteiger partial charge on any atom is -0.545 e. The number of anilines is 2. The van der Waals surface area contributed by atoms with E-state index in [1.807, 2.05) is 0 Å². The number of hydrogen-bond donors (Lipinski definition) is 2. The van der Waals surface area contributed by atoms with Crippen LogP contribution in [0.3, 0.4) is 0 Å². The molecule has 0 aliphatic rings. The number of carbonyl (C=O) groups is 2. The lowest BCUT2D eigenvalue weighted by Crippen LogP contribution is -2.22. The molecule has 0 saturated heterocycles. The largest absolute Gasteiger partial charge is 0.545 e. The number of aromatic carboxylic acids is 1. The quantitative estimate of drug-likeness (QED) is 0.663. The van der Waals surface area contributed by atoms with E-state index in [4.69, 9.17) is 0 Å². The average molecular weight is 395 g/mol. The summed E-state index contributed by atoms with van der Waals surface area (Å²) in [4.78, 5) is 23.1. The Labute approximate surface area is 161 Å². The first-order valence-corrected chi connectivity index (χ1v) is 9.64. The highest BCUT2D eigenvalue weighted by molar-refractivity contribution is 7.92. The van der Waals surface area contributed by atoms with Gasteiger partial charge in [-0.15, -0.1) is 0 Å². The molecule has 0 radical (unpaired) electrons. The maximum atomic E-state index is 12.5. The highest BCUT2D eigenvalue weighted by Crippen LogP contribution is 2.18. The van der Waals surface area contributed by atoms with Crippen molar-refractivity contribution in [3.63, 3.8) is 0 Å². The Balaban J connectivity index is 1.78. The van der Waals surface area contributed by atoms with Gasteiger partial charge in [0.15, 0.2) is 0 Å². The minimum absolute atomic E-state index is 0.0157. The summed E-state index contributed by atoms with van der Waals surface area (Å²) in [6, 6.07) is 19.4. The van der Waals surface area contributed by atoms with Gasteiger partial charge in [0, 0.05) is 16.9 Å². The molecule has 0 spiro atoms. The van der Waals surface area contributed by atoms with Crippen molar-refractivity contribution >= 4 is 33.3 Å². The van der Waals surface area contributed by atoms with Gasteiger partial charge < -0.3 is 15.2 Å². The molecular formula is C20H15N2O5S-. The van der Waals surface area contributed by atoms with E-state index in [0.717, 1.165) is 0 Å². The molecule has 0 aromatic heterocycles. The van der Waals surface area contributed by atoms with E-state index in [1.165, 1.54) is 48.5 Å². The number of para-hydroxylation sites is 1. The van der Waals surface area contributed by atoms with Gasteiger partial charge in [-0.2, -0.15) is 0 Å². The van der Waals surface area contributed by atoms with Crippen molar-refractivity contribution in [1.29, 1.82) is 0 Å². The van der Waals surface area contributed by atoms with Gasteiger partial charge in [0.05, 0.1) is 10.9 Å². The molecule has 0 fully saturated rings. The van der Waals surface area contributed by atoms with Gasteiger partial charge in [-0.1, -0.05) is 36.4 Å². The molecule has 3 aromatic carbocycles. The van der Waals surface area contributed by atoms with Crippen LogP contribution in [0.1, 0.15) is 20.7 Å². The number of nitrogens with one attached hydrogen (secondary N) is 2. The maximum Gasteiger partial charge on any atom is 0.261 e. The standard InChI is InChI=1S/C20H16N2O5S/c23-19(21-16-11-9-14(10-12-16)20(24)25)15-5-4-8-18(13-15)28(26,27)22-17-6-2-1-3-7-17/h1-13,22H,(H,21,23)(H,24,25)/p-1. The van der Waals surface area contributed by atoms with Crippen molar-refractivity contribution in [2.75, 3.05) is 10.0 Å². The highest BCUT2D eigenvalue weighted by atomic mass is 32.2. The van der Waals surface area contributed by atoms with Crippen molar-refractivity contribution in [3.8, 4) is 0 Å². The van der Waals surface area contributed by atoms with Crippen LogP contribution in [0.4, 0.5) is 11.4 Å². The second kappa shape index (κ2) is 7.93. The number of rotatable bonds is 6. The van der Waals surface area contributed by atoms with Gasteiger partial charge in [-0.25, -0.2) is 8.42 Å². The van der Waals surface area contributed by atoms with Crippen molar-refractivity contribution in [3.05, 3.63) is 90.0 Å². The molecule has 2 N–H and O–H groups in total.